The molecule has 0 saturated carbocycles. The Morgan fingerprint density at radius 3 is 2.08 bits per heavy atom. The molecule has 0 N–H and O–H groups in total. The molecule has 2 aromatic carbocycles. The van der Waals surface area contributed by atoms with Crippen LogP contribution in [0.4, 0.5) is 0 Å². The Bertz CT molecular complexity index is 789. The van der Waals surface area contributed by atoms with E-state index in [1.54, 1.807) is 19.2 Å². The van der Waals surface area contributed by atoms with E-state index in [2.05, 4.69) is 4.90 Å². The third-order valence-electron chi connectivity index (χ3n) is 5.24. The van der Waals surface area contributed by atoms with Gasteiger partial charge in [-0.15, -0.1) is 0 Å². The quantitative estimate of drug-likeness (QED) is 0.793. The van der Waals surface area contributed by atoms with E-state index in [0.717, 1.165) is 11.3 Å². The number of carbonyl (C=O) groups excluding carboxylic acids is 2. The summed E-state index contributed by atoms with van der Waals surface area (Å²) in [7, 11) is 1.62. The number of ether oxygens (including phenoxy) is 2. The van der Waals surface area contributed by atoms with Crippen molar-refractivity contribution in [2.75, 3.05) is 33.4 Å². The molecule has 5 heteroatoms. The molecule has 5 nitrogen and oxygen atoms in total. The van der Waals surface area contributed by atoms with Gasteiger partial charge < -0.3 is 9.47 Å². The van der Waals surface area contributed by atoms with Crippen LogP contribution < -0.4 is 4.74 Å². The Kier molecular flexibility index (Phi) is 4.57. The molecule has 0 spiro atoms. The van der Waals surface area contributed by atoms with Gasteiger partial charge in [0.25, 0.3) is 0 Å². The van der Waals surface area contributed by atoms with Crippen LogP contribution in [-0.2, 0) is 4.74 Å². The van der Waals surface area contributed by atoms with Crippen LogP contribution >= 0.6 is 0 Å². The highest BCUT2D eigenvalue weighted by Gasteiger charge is 2.46. The first kappa shape index (κ1) is 16.9. The van der Waals surface area contributed by atoms with Gasteiger partial charge in [-0.25, -0.2) is 0 Å². The van der Waals surface area contributed by atoms with Crippen molar-refractivity contribution in [2.45, 2.75) is 6.04 Å². The lowest BCUT2D eigenvalue weighted by atomic mass is 9.87. The number of methoxy groups -OCH3 is 1. The maximum absolute atomic E-state index is 13.1. The highest BCUT2D eigenvalue weighted by atomic mass is 16.5. The van der Waals surface area contributed by atoms with Crippen molar-refractivity contribution < 1.29 is 19.1 Å². The van der Waals surface area contributed by atoms with Crippen molar-refractivity contribution >= 4 is 11.6 Å². The molecule has 2 aromatic rings. The molecule has 1 unspecified atom stereocenters. The summed E-state index contributed by atoms with van der Waals surface area (Å²) in [5, 5.41) is 0. The third-order valence-corrected chi connectivity index (χ3v) is 5.24. The van der Waals surface area contributed by atoms with Crippen LogP contribution in [0.2, 0.25) is 0 Å². The van der Waals surface area contributed by atoms with E-state index in [1.807, 2.05) is 36.4 Å². The largest absolute Gasteiger partial charge is 0.497 e. The first-order valence-corrected chi connectivity index (χ1v) is 8.84. The fraction of sp³-hybridized carbons (Fsp3) is 0.333. The minimum atomic E-state index is -0.709. The summed E-state index contributed by atoms with van der Waals surface area (Å²) >= 11 is 0. The van der Waals surface area contributed by atoms with Crippen molar-refractivity contribution in [1.29, 1.82) is 0 Å². The molecule has 1 fully saturated rings. The highest BCUT2D eigenvalue weighted by molar-refractivity contribution is 6.26. The fourth-order valence-electron chi connectivity index (χ4n) is 3.92. The standard InChI is InChI=1S/C21H21NO4/c1-25-15-8-6-14(7-9-15)19(22-10-12-26-13-11-22)18-20(23)16-4-2-3-5-17(16)21(18)24/h2-9,18-19H,10-13H2,1H3. The molecule has 1 aliphatic carbocycles. The first-order valence-electron chi connectivity index (χ1n) is 8.84. The summed E-state index contributed by atoms with van der Waals surface area (Å²) < 4.78 is 10.7. The Balaban J connectivity index is 1.75. The number of carbonyl (C=O) groups is 2. The number of benzene rings is 2. The number of Topliss-reactive ketones (excluding diaryl/α,β-unsaturated/α-hetero) is 2. The summed E-state index contributed by atoms with van der Waals surface area (Å²) in [5.74, 6) is -0.128. The van der Waals surface area contributed by atoms with Gasteiger partial charge in [-0.2, -0.15) is 0 Å². The van der Waals surface area contributed by atoms with Gasteiger partial charge in [0, 0.05) is 24.2 Å². The van der Waals surface area contributed by atoms with E-state index in [-0.39, 0.29) is 17.6 Å². The van der Waals surface area contributed by atoms with Crippen LogP contribution in [-0.4, -0.2) is 49.9 Å². The van der Waals surface area contributed by atoms with Gasteiger partial charge in [-0.1, -0.05) is 36.4 Å². The fourth-order valence-corrected chi connectivity index (χ4v) is 3.92. The first-order chi connectivity index (χ1) is 12.7. The molecule has 0 aromatic heterocycles. The number of morpholine rings is 1. The zero-order chi connectivity index (χ0) is 18.1. The van der Waals surface area contributed by atoms with Crippen LogP contribution in [0, 0.1) is 5.92 Å². The molecule has 2 aliphatic rings. The Labute approximate surface area is 152 Å². The van der Waals surface area contributed by atoms with Crippen molar-refractivity contribution in [3.8, 4) is 5.75 Å². The molecule has 26 heavy (non-hydrogen) atoms. The number of hydrogen-bond acceptors (Lipinski definition) is 5. The molecule has 4 rings (SSSR count). The summed E-state index contributed by atoms with van der Waals surface area (Å²) in [4.78, 5) is 28.4. The highest BCUT2D eigenvalue weighted by Crippen LogP contribution is 2.39. The second kappa shape index (κ2) is 7.02. The summed E-state index contributed by atoms with van der Waals surface area (Å²) in [5.41, 5.74) is 2.02. The summed E-state index contributed by atoms with van der Waals surface area (Å²) in [6.45, 7) is 2.61. The Morgan fingerprint density at radius 2 is 1.54 bits per heavy atom. The van der Waals surface area contributed by atoms with Gasteiger partial charge in [0.05, 0.1) is 26.4 Å². The number of fused-ring (bicyclic) bond motifs is 1. The number of nitrogens with zero attached hydrogens (tertiary/aromatic N) is 1. The van der Waals surface area contributed by atoms with E-state index in [1.165, 1.54) is 0 Å². The second-order valence-corrected chi connectivity index (χ2v) is 6.62. The summed E-state index contributed by atoms with van der Waals surface area (Å²) in [6.07, 6.45) is 0. The lowest BCUT2D eigenvalue weighted by Crippen LogP contribution is -2.44. The van der Waals surface area contributed by atoms with Crippen LogP contribution in [0.1, 0.15) is 32.3 Å². The molecule has 1 aliphatic heterocycles. The predicted molar refractivity (Wildman–Crippen MR) is 96.7 cm³/mol. The number of hydrogen-bond donors (Lipinski definition) is 0. The SMILES string of the molecule is COc1ccc(C(C2C(=O)c3ccccc3C2=O)N2CCOCC2)cc1. The molecule has 0 bridgehead atoms. The Hall–Kier alpha value is -2.50. The lowest BCUT2D eigenvalue weighted by molar-refractivity contribution is 0.00510. The smallest absolute Gasteiger partial charge is 0.176 e. The van der Waals surface area contributed by atoms with Gasteiger partial charge in [0.2, 0.25) is 0 Å². The van der Waals surface area contributed by atoms with Gasteiger partial charge in [0.15, 0.2) is 11.6 Å². The molecule has 1 saturated heterocycles. The van der Waals surface area contributed by atoms with Gasteiger partial charge in [-0.05, 0) is 17.7 Å². The molecule has 0 amide bonds. The minimum absolute atomic E-state index is 0.0853. The molecule has 1 atom stereocenters. The number of ketones is 2. The van der Waals surface area contributed by atoms with Gasteiger partial charge in [-0.3, -0.25) is 14.5 Å². The minimum Gasteiger partial charge on any atom is -0.497 e. The van der Waals surface area contributed by atoms with E-state index in [0.29, 0.717) is 37.4 Å². The lowest BCUT2D eigenvalue weighted by Gasteiger charge is -2.37. The maximum Gasteiger partial charge on any atom is 0.176 e. The average Bonchev–Trinajstić information content (AvgIpc) is 2.95. The number of rotatable bonds is 4. The van der Waals surface area contributed by atoms with E-state index in [4.69, 9.17) is 9.47 Å². The van der Waals surface area contributed by atoms with Crippen molar-refractivity contribution in [2.24, 2.45) is 5.92 Å². The second-order valence-electron chi connectivity index (χ2n) is 6.62. The normalized spacial score (nSPS) is 19.4. The van der Waals surface area contributed by atoms with E-state index >= 15 is 0 Å². The predicted octanol–water partition coefficient (Wildman–Crippen LogP) is 2.76. The van der Waals surface area contributed by atoms with Gasteiger partial charge >= 0.3 is 0 Å². The molecule has 1 heterocycles. The van der Waals surface area contributed by atoms with Crippen LogP contribution in [0.25, 0.3) is 0 Å². The van der Waals surface area contributed by atoms with Crippen molar-refractivity contribution in [1.82, 2.24) is 4.90 Å². The molecular weight excluding hydrogens is 330 g/mol. The molecule has 0 radical (unpaired) electrons. The van der Waals surface area contributed by atoms with Crippen LogP contribution in [0.5, 0.6) is 5.75 Å². The average molecular weight is 351 g/mol. The van der Waals surface area contributed by atoms with E-state index in [9.17, 15) is 9.59 Å². The van der Waals surface area contributed by atoms with Gasteiger partial charge in [0.1, 0.15) is 11.7 Å². The Morgan fingerprint density at radius 1 is 0.962 bits per heavy atom. The summed E-state index contributed by atoms with van der Waals surface area (Å²) in [6, 6.07) is 14.5. The van der Waals surface area contributed by atoms with Crippen molar-refractivity contribution in [3.63, 3.8) is 0 Å². The van der Waals surface area contributed by atoms with Crippen LogP contribution in [0.15, 0.2) is 48.5 Å². The monoisotopic (exact) mass is 351 g/mol. The van der Waals surface area contributed by atoms with E-state index < -0.39 is 5.92 Å². The zero-order valence-electron chi connectivity index (χ0n) is 14.7. The topological polar surface area (TPSA) is 55.8 Å². The van der Waals surface area contributed by atoms with Crippen LogP contribution in [0.3, 0.4) is 0 Å². The molecule has 134 valence electrons. The third kappa shape index (κ3) is 2.83. The van der Waals surface area contributed by atoms with Crippen molar-refractivity contribution in [3.05, 3.63) is 65.2 Å². The zero-order valence-corrected chi connectivity index (χ0v) is 14.7. The molecular formula is C21H21NO4. The maximum atomic E-state index is 13.1.